The molecule has 0 radical (unpaired) electrons. The summed E-state index contributed by atoms with van der Waals surface area (Å²) in [4.78, 5) is 0. The van der Waals surface area contributed by atoms with Crippen molar-refractivity contribution >= 4 is 46.5 Å². The molecule has 1 N–H and O–H groups in total. The minimum atomic E-state index is 0. The Hall–Kier alpha value is -1.97. The first-order valence-corrected chi connectivity index (χ1v) is 10.6. The van der Waals surface area contributed by atoms with E-state index in [4.69, 9.17) is 23.2 Å². The predicted octanol–water partition coefficient (Wildman–Crippen LogP) is 7.06. The first-order chi connectivity index (χ1) is 14.1. The highest BCUT2D eigenvalue weighted by Gasteiger charge is 2.14. The van der Waals surface area contributed by atoms with E-state index in [0.717, 1.165) is 31.6 Å². The Bertz CT molecular complexity index is 1120. The van der Waals surface area contributed by atoms with Crippen LogP contribution in [-0.4, -0.2) is 11.1 Å². The van der Waals surface area contributed by atoms with Crippen LogP contribution in [0.3, 0.4) is 0 Å². The highest BCUT2D eigenvalue weighted by Crippen LogP contribution is 2.29. The Morgan fingerprint density at radius 1 is 0.900 bits per heavy atom. The summed E-state index contributed by atoms with van der Waals surface area (Å²) in [7, 11) is 0. The van der Waals surface area contributed by atoms with Gasteiger partial charge in [-0.25, -0.2) is 0 Å². The minimum Gasteiger partial charge on any atom is -0.340 e. The highest BCUT2D eigenvalue weighted by atomic mass is 35.5. The Labute approximate surface area is 194 Å². The van der Waals surface area contributed by atoms with E-state index < -0.39 is 0 Å². The van der Waals surface area contributed by atoms with E-state index in [1.165, 1.54) is 27.7 Å². The molecule has 3 aromatic carbocycles. The maximum Gasteiger partial charge on any atom is 0.0493 e. The molecule has 0 amide bonds. The topological polar surface area (TPSA) is 17.0 Å². The van der Waals surface area contributed by atoms with Crippen LogP contribution in [0.4, 0.5) is 0 Å². The van der Waals surface area contributed by atoms with Gasteiger partial charge in [-0.05, 0) is 54.8 Å². The molecule has 0 fully saturated rings. The van der Waals surface area contributed by atoms with Gasteiger partial charge in [-0.15, -0.1) is 12.4 Å². The molecule has 1 aromatic heterocycles. The van der Waals surface area contributed by atoms with E-state index in [1.54, 1.807) is 0 Å². The van der Waals surface area contributed by atoms with Gasteiger partial charge in [0.15, 0.2) is 0 Å². The van der Waals surface area contributed by atoms with Crippen LogP contribution in [0.2, 0.25) is 10.0 Å². The minimum absolute atomic E-state index is 0. The van der Waals surface area contributed by atoms with E-state index in [2.05, 4.69) is 71.4 Å². The number of fused-ring (bicyclic) bond motifs is 1. The number of nitrogens with zero attached hydrogens (tertiary/aromatic N) is 1. The second kappa shape index (κ2) is 10.4. The third kappa shape index (κ3) is 5.01. The van der Waals surface area contributed by atoms with Crippen LogP contribution in [0.5, 0.6) is 0 Å². The molecule has 4 rings (SSSR count). The number of para-hydroxylation sites is 1. The molecule has 30 heavy (non-hydrogen) atoms. The van der Waals surface area contributed by atoms with Crippen LogP contribution in [0.25, 0.3) is 10.9 Å². The van der Waals surface area contributed by atoms with Gasteiger partial charge in [-0.2, -0.15) is 0 Å². The van der Waals surface area contributed by atoms with Crippen molar-refractivity contribution in [2.45, 2.75) is 26.4 Å². The highest BCUT2D eigenvalue weighted by molar-refractivity contribution is 6.35. The van der Waals surface area contributed by atoms with E-state index >= 15 is 0 Å². The fraction of sp³-hybridized carbons (Fsp3) is 0.200. The molecule has 0 atom stereocenters. The lowest BCUT2D eigenvalue weighted by Crippen LogP contribution is -2.17. The summed E-state index contributed by atoms with van der Waals surface area (Å²) in [6.45, 7) is 4.72. The largest absolute Gasteiger partial charge is 0.340 e. The lowest BCUT2D eigenvalue weighted by molar-refractivity contribution is 0.681. The molecule has 1 heterocycles. The number of benzene rings is 3. The van der Waals surface area contributed by atoms with Crippen LogP contribution in [0, 0.1) is 6.92 Å². The van der Waals surface area contributed by atoms with Crippen molar-refractivity contribution in [3.05, 3.63) is 105 Å². The van der Waals surface area contributed by atoms with Gasteiger partial charge in [-0.1, -0.05) is 77.8 Å². The zero-order valence-electron chi connectivity index (χ0n) is 16.9. The first-order valence-electron chi connectivity index (χ1n) is 9.89. The van der Waals surface area contributed by atoms with Gasteiger partial charge >= 0.3 is 0 Å². The Balaban J connectivity index is 0.00000256. The third-order valence-corrected chi connectivity index (χ3v) is 6.03. The third-order valence-electron chi connectivity index (χ3n) is 5.44. The van der Waals surface area contributed by atoms with Crippen LogP contribution in [-0.2, 0) is 19.5 Å². The quantitative estimate of drug-likeness (QED) is 0.293. The summed E-state index contributed by atoms with van der Waals surface area (Å²) < 4.78 is 2.35. The smallest absolute Gasteiger partial charge is 0.0493 e. The number of nitrogens with one attached hydrogen (secondary N) is 1. The number of aromatic nitrogens is 1. The van der Waals surface area contributed by atoms with Crippen molar-refractivity contribution in [3.8, 4) is 0 Å². The molecule has 0 aliphatic heterocycles. The maximum atomic E-state index is 6.44. The summed E-state index contributed by atoms with van der Waals surface area (Å²) in [5, 5.41) is 6.28. The molecular weight excluding hydrogens is 435 g/mol. The number of hydrogen-bond acceptors (Lipinski definition) is 1. The number of hydrogen-bond donors (Lipinski definition) is 1. The normalized spacial score (nSPS) is 10.9. The van der Waals surface area contributed by atoms with Gasteiger partial charge in [-0.3, -0.25) is 0 Å². The summed E-state index contributed by atoms with van der Waals surface area (Å²) in [6, 6.07) is 24.9. The summed E-state index contributed by atoms with van der Waals surface area (Å²) in [5.74, 6) is 0. The van der Waals surface area contributed by atoms with E-state index in [-0.39, 0.29) is 12.4 Å². The van der Waals surface area contributed by atoms with Crippen molar-refractivity contribution in [1.82, 2.24) is 9.88 Å². The molecule has 4 aromatic rings. The first kappa shape index (κ1) is 22.7. The average Bonchev–Trinajstić information content (AvgIpc) is 2.99. The molecular formula is C25H25Cl3N2. The van der Waals surface area contributed by atoms with Gasteiger partial charge in [0.1, 0.15) is 0 Å². The number of halogens is 3. The lowest BCUT2D eigenvalue weighted by Gasteiger charge is -2.11. The zero-order chi connectivity index (χ0) is 20.2. The fourth-order valence-corrected chi connectivity index (χ4v) is 4.31. The van der Waals surface area contributed by atoms with Crippen LogP contribution >= 0.6 is 35.6 Å². The fourth-order valence-electron chi connectivity index (χ4n) is 3.84. The standard InChI is InChI=1S/C25H24Cl2N2.ClH/c1-18-23(16-28-14-13-19-7-3-2-4-8-19)22-9-5-6-10-25(22)29(18)17-20-11-12-21(26)15-24(20)27;/h2-12,15,28H,13-14,16-17H2,1H3;1H. The number of rotatable bonds is 7. The van der Waals surface area contributed by atoms with E-state index in [9.17, 15) is 0 Å². The molecule has 0 saturated heterocycles. The van der Waals surface area contributed by atoms with Crippen molar-refractivity contribution in [1.29, 1.82) is 0 Å². The zero-order valence-corrected chi connectivity index (χ0v) is 19.2. The van der Waals surface area contributed by atoms with Gasteiger partial charge < -0.3 is 9.88 Å². The Kier molecular flexibility index (Phi) is 7.85. The molecule has 0 unspecified atom stereocenters. The average molecular weight is 460 g/mol. The lowest BCUT2D eigenvalue weighted by atomic mass is 10.1. The van der Waals surface area contributed by atoms with Gasteiger partial charge in [0, 0.05) is 39.7 Å². The van der Waals surface area contributed by atoms with Gasteiger partial charge in [0.2, 0.25) is 0 Å². The molecule has 0 saturated carbocycles. The van der Waals surface area contributed by atoms with Crippen molar-refractivity contribution < 1.29 is 0 Å². The summed E-state index contributed by atoms with van der Waals surface area (Å²) in [5.41, 5.74) is 6.28. The SMILES string of the molecule is Cc1c(CNCCc2ccccc2)c2ccccc2n1Cc1ccc(Cl)cc1Cl.Cl. The summed E-state index contributed by atoms with van der Waals surface area (Å²) in [6.07, 6.45) is 1.03. The molecule has 0 aliphatic rings. The van der Waals surface area contributed by atoms with Crippen molar-refractivity contribution in [2.75, 3.05) is 6.54 Å². The van der Waals surface area contributed by atoms with Crippen molar-refractivity contribution in [3.63, 3.8) is 0 Å². The van der Waals surface area contributed by atoms with Crippen LogP contribution in [0.15, 0.2) is 72.8 Å². The molecule has 5 heteroatoms. The molecule has 2 nitrogen and oxygen atoms in total. The van der Waals surface area contributed by atoms with Gasteiger partial charge in [0.25, 0.3) is 0 Å². The molecule has 0 spiro atoms. The van der Waals surface area contributed by atoms with Gasteiger partial charge in [0.05, 0.1) is 0 Å². The van der Waals surface area contributed by atoms with Crippen molar-refractivity contribution in [2.24, 2.45) is 0 Å². The van der Waals surface area contributed by atoms with Crippen LogP contribution < -0.4 is 5.32 Å². The second-order valence-corrected chi connectivity index (χ2v) is 8.16. The Morgan fingerprint density at radius 3 is 2.40 bits per heavy atom. The van der Waals surface area contributed by atoms with E-state index in [1.807, 2.05) is 18.2 Å². The molecule has 156 valence electrons. The predicted molar refractivity (Wildman–Crippen MR) is 131 cm³/mol. The second-order valence-electron chi connectivity index (χ2n) is 7.32. The Morgan fingerprint density at radius 2 is 1.63 bits per heavy atom. The monoisotopic (exact) mass is 458 g/mol. The molecule has 0 aliphatic carbocycles. The maximum absolute atomic E-state index is 6.44. The molecule has 0 bridgehead atoms. The van der Waals surface area contributed by atoms with E-state index in [0.29, 0.717) is 10.0 Å². The van der Waals surface area contributed by atoms with Crippen LogP contribution in [0.1, 0.15) is 22.4 Å². The summed E-state index contributed by atoms with van der Waals surface area (Å²) >= 11 is 12.5.